The summed E-state index contributed by atoms with van der Waals surface area (Å²) in [4.78, 5) is 7.88. The van der Waals surface area contributed by atoms with Gasteiger partial charge >= 0.3 is 0 Å². The largest absolute Gasteiger partial charge is 0.370 e. The summed E-state index contributed by atoms with van der Waals surface area (Å²) in [6.07, 6.45) is 0.845. The van der Waals surface area contributed by atoms with Crippen LogP contribution in [0.15, 0.2) is 0 Å². The molecule has 1 aromatic rings. The Balaban J connectivity index is 3.27. The highest BCUT2D eigenvalue weighted by molar-refractivity contribution is 7.71. The SMILES string of the molecule is CCOC(c1nc(=S)c(CC)c(C)[nH]1)C(C)(C)C. The number of aryl methyl sites for hydroxylation is 1. The molecule has 0 saturated carbocycles. The van der Waals surface area contributed by atoms with Crippen LogP contribution in [-0.2, 0) is 11.2 Å². The van der Waals surface area contributed by atoms with Crippen LogP contribution < -0.4 is 0 Å². The van der Waals surface area contributed by atoms with Crippen LogP contribution in [0.3, 0.4) is 0 Å². The minimum absolute atomic E-state index is 0.0124. The molecule has 0 aliphatic rings. The van der Waals surface area contributed by atoms with E-state index in [1.165, 1.54) is 0 Å². The van der Waals surface area contributed by atoms with Crippen molar-refractivity contribution in [3.8, 4) is 0 Å². The second-order valence-electron chi connectivity index (χ2n) is 5.59. The lowest BCUT2D eigenvalue weighted by molar-refractivity contribution is -0.0193. The van der Waals surface area contributed by atoms with E-state index >= 15 is 0 Å². The van der Waals surface area contributed by atoms with Gasteiger partial charge in [-0.1, -0.05) is 39.9 Å². The van der Waals surface area contributed by atoms with Crippen molar-refractivity contribution in [3.05, 3.63) is 21.7 Å². The lowest BCUT2D eigenvalue weighted by Gasteiger charge is -2.30. The standard InChI is InChI=1S/C14H24N2OS/c1-7-10-9(3)15-12(16-13(10)18)11(17-8-2)14(4,5)6/h11H,7-8H2,1-6H3,(H,15,16,18). The number of hydrogen-bond donors (Lipinski definition) is 1. The third-order valence-electron chi connectivity index (χ3n) is 2.97. The highest BCUT2D eigenvalue weighted by Gasteiger charge is 2.29. The van der Waals surface area contributed by atoms with Gasteiger partial charge in [-0.05, 0) is 25.7 Å². The van der Waals surface area contributed by atoms with Crippen LogP contribution in [-0.4, -0.2) is 16.6 Å². The summed E-state index contributed by atoms with van der Waals surface area (Å²) in [5.74, 6) is 0.837. The van der Waals surface area contributed by atoms with E-state index in [0.717, 1.165) is 23.5 Å². The van der Waals surface area contributed by atoms with Crippen molar-refractivity contribution in [2.75, 3.05) is 6.61 Å². The monoisotopic (exact) mass is 268 g/mol. The number of nitrogens with one attached hydrogen (secondary N) is 1. The van der Waals surface area contributed by atoms with Gasteiger partial charge in [-0.15, -0.1) is 0 Å². The van der Waals surface area contributed by atoms with E-state index in [0.29, 0.717) is 11.2 Å². The van der Waals surface area contributed by atoms with Crippen molar-refractivity contribution in [2.45, 2.75) is 54.1 Å². The smallest absolute Gasteiger partial charge is 0.137 e. The average molecular weight is 268 g/mol. The van der Waals surface area contributed by atoms with E-state index in [2.05, 4.69) is 37.7 Å². The summed E-state index contributed by atoms with van der Waals surface area (Å²) in [7, 11) is 0. The molecule has 18 heavy (non-hydrogen) atoms. The first-order valence-corrected chi connectivity index (χ1v) is 6.93. The van der Waals surface area contributed by atoms with E-state index < -0.39 is 0 Å². The molecule has 1 rings (SSSR count). The number of hydrogen-bond acceptors (Lipinski definition) is 3. The van der Waals surface area contributed by atoms with Gasteiger partial charge in [-0.2, -0.15) is 0 Å². The van der Waals surface area contributed by atoms with Gasteiger partial charge in [-0.3, -0.25) is 0 Å². The van der Waals surface area contributed by atoms with Crippen molar-refractivity contribution < 1.29 is 4.74 Å². The summed E-state index contributed by atoms with van der Waals surface area (Å²) >= 11 is 5.37. The van der Waals surface area contributed by atoms with Crippen LogP contribution in [0.2, 0.25) is 0 Å². The van der Waals surface area contributed by atoms with Gasteiger partial charge < -0.3 is 9.72 Å². The zero-order valence-corrected chi connectivity index (χ0v) is 13.1. The van der Waals surface area contributed by atoms with Crippen LogP contribution >= 0.6 is 12.2 Å². The molecule has 1 unspecified atom stereocenters. The Labute approximate surface area is 115 Å². The third-order valence-corrected chi connectivity index (χ3v) is 3.31. The number of H-pyrrole nitrogens is 1. The maximum absolute atomic E-state index is 5.84. The third kappa shape index (κ3) is 3.39. The Kier molecular flexibility index (Phi) is 5.05. The molecule has 0 aromatic carbocycles. The molecule has 0 aliphatic heterocycles. The Morgan fingerprint density at radius 2 is 1.94 bits per heavy atom. The average Bonchev–Trinajstić information content (AvgIpc) is 2.23. The van der Waals surface area contributed by atoms with Crippen molar-refractivity contribution in [2.24, 2.45) is 5.41 Å². The summed E-state index contributed by atoms with van der Waals surface area (Å²) in [5.41, 5.74) is 2.21. The molecule has 0 spiro atoms. The minimum atomic E-state index is -0.0613. The zero-order chi connectivity index (χ0) is 13.9. The topological polar surface area (TPSA) is 37.9 Å². The summed E-state index contributed by atoms with van der Waals surface area (Å²) in [6, 6.07) is 0. The first-order valence-electron chi connectivity index (χ1n) is 6.52. The minimum Gasteiger partial charge on any atom is -0.370 e. The van der Waals surface area contributed by atoms with Crippen LogP contribution in [0.5, 0.6) is 0 Å². The molecule has 4 heteroatoms. The first kappa shape index (κ1) is 15.3. The van der Waals surface area contributed by atoms with E-state index in [9.17, 15) is 0 Å². The highest BCUT2D eigenvalue weighted by Crippen LogP contribution is 2.34. The molecule has 1 aromatic heterocycles. The zero-order valence-electron chi connectivity index (χ0n) is 12.3. The van der Waals surface area contributed by atoms with E-state index in [1.807, 2.05) is 13.8 Å². The molecule has 0 radical (unpaired) electrons. The molecule has 3 nitrogen and oxygen atoms in total. The molecule has 0 saturated heterocycles. The predicted octanol–water partition coefficient (Wildman–Crippen LogP) is 4.13. The molecular formula is C14H24N2OS. The van der Waals surface area contributed by atoms with E-state index in [-0.39, 0.29) is 11.5 Å². The van der Waals surface area contributed by atoms with Crippen LogP contribution in [0, 0.1) is 17.0 Å². The van der Waals surface area contributed by atoms with Gasteiger partial charge in [0.05, 0.1) is 0 Å². The number of aromatic amines is 1. The number of ether oxygens (including phenoxy) is 1. The van der Waals surface area contributed by atoms with Crippen molar-refractivity contribution in [1.29, 1.82) is 0 Å². The van der Waals surface area contributed by atoms with Gasteiger partial charge in [0.1, 0.15) is 16.6 Å². The van der Waals surface area contributed by atoms with Crippen LogP contribution in [0.4, 0.5) is 0 Å². The molecule has 1 atom stereocenters. The molecule has 0 bridgehead atoms. The van der Waals surface area contributed by atoms with Crippen molar-refractivity contribution in [1.82, 2.24) is 9.97 Å². The van der Waals surface area contributed by atoms with Gasteiger partial charge in [-0.25, -0.2) is 4.98 Å². The predicted molar refractivity (Wildman–Crippen MR) is 77.4 cm³/mol. The summed E-state index contributed by atoms with van der Waals surface area (Å²) < 4.78 is 6.53. The van der Waals surface area contributed by atoms with Gasteiger partial charge in [0, 0.05) is 17.9 Å². The number of aromatic nitrogens is 2. The molecule has 0 fully saturated rings. The quantitative estimate of drug-likeness (QED) is 0.834. The Morgan fingerprint density at radius 1 is 1.33 bits per heavy atom. The second kappa shape index (κ2) is 5.93. The number of rotatable bonds is 4. The molecule has 0 amide bonds. The lowest BCUT2D eigenvalue weighted by atomic mass is 9.88. The fourth-order valence-corrected chi connectivity index (χ4v) is 2.47. The highest BCUT2D eigenvalue weighted by atomic mass is 32.1. The second-order valence-corrected chi connectivity index (χ2v) is 5.97. The fourth-order valence-electron chi connectivity index (χ4n) is 2.08. The Bertz CT molecular complexity index is 460. The Morgan fingerprint density at radius 3 is 2.33 bits per heavy atom. The first-order chi connectivity index (χ1) is 8.31. The molecule has 102 valence electrons. The van der Waals surface area contributed by atoms with E-state index in [4.69, 9.17) is 17.0 Å². The van der Waals surface area contributed by atoms with Crippen LogP contribution in [0.25, 0.3) is 0 Å². The van der Waals surface area contributed by atoms with Gasteiger partial charge in [0.15, 0.2) is 0 Å². The molecular weight excluding hydrogens is 244 g/mol. The van der Waals surface area contributed by atoms with E-state index in [1.54, 1.807) is 0 Å². The summed E-state index contributed by atoms with van der Waals surface area (Å²) in [5, 5.41) is 0. The van der Waals surface area contributed by atoms with Gasteiger partial charge in [0.2, 0.25) is 0 Å². The number of nitrogens with zero attached hydrogens (tertiary/aromatic N) is 1. The molecule has 1 N–H and O–H groups in total. The lowest BCUT2D eigenvalue weighted by Crippen LogP contribution is -2.24. The fraction of sp³-hybridized carbons (Fsp3) is 0.714. The maximum Gasteiger partial charge on any atom is 0.137 e. The molecule has 1 heterocycles. The summed E-state index contributed by atoms with van der Waals surface area (Å²) in [6.45, 7) is 13.3. The van der Waals surface area contributed by atoms with Crippen molar-refractivity contribution >= 4 is 12.2 Å². The van der Waals surface area contributed by atoms with Crippen molar-refractivity contribution in [3.63, 3.8) is 0 Å². The Hall–Kier alpha value is -0.740. The molecule has 0 aliphatic carbocycles. The maximum atomic E-state index is 5.84. The normalized spacial score (nSPS) is 13.7. The van der Waals surface area contributed by atoms with Gasteiger partial charge in [0.25, 0.3) is 0 Å². The van der Waals surface area contributed by atoms with Crippen LogP contribution in [0.1, 0.15) is 57.8 Å².